The third kappa shape index (κ3) is 10.2. The summed E-state index contributed by atoms with van der Waals surface area (Å²) in [5.74, 6) is 0.477. The lowest BCUT2D eigenvalue weighted by atomic mass is 9.98. The number of hydrogen-bond donors (Lipinski definition) is 1. The molecule has 0 saturated heterocycles. The molecule has 15 heavy (non-hydrogen) atoms. The molecule has 92 valence electrons. The van der Waals surface area contributed by atoms with Gasteiger partial charge in [0, 0.05) is 0 Å². The molecular formula is C14H30O. The SMILES string of the molecule is CCCCCCCCCCC(C)[C@@H](C)O. The maximum absolute atomic E-state index is 9.32. The van der Waals surface area contributed by atoms with E-state index < -0.39 is 0 Å². The summed E-state index contributed by atoms with van der Waals surface area (Å²) in [5, 5.41) is 9.32. The highest BCUT2D eigenvalue weighted by Crippen LogP contribution is 2.15. The number of unbranched alkanes of at least 4 members (excludes halogenated alkanes) is 7. The van der Waals surface area contributed by atoms with Crippen LogP contribution in [0.1, 0.15) is 78.6 Å². The van der Waals surface area contributed by atoms with Crippen molar-refractivity contribution in [2.75, 3.05) is 0 Å². The molecule has 0 saturated carbocycles. The lowest BCUT2D eigenvalue weighted by Gasteiger charge is -2.13. The Morgan fingerprint density at radius 1 is 0.800 bits per heavy atom. The van der Waals surface area contributed by atoms with Crippen LogP contribution in [0, 0.1) is 5.92 Å². The third-order valence-corrected chi connectivity index (χ3v) is 3.34. The smallest absolute Gasteiger partial charge is 0.0537 e. The molecule has 0 aromatic rings. The average Bonchev–Trinajstić information content (AvgIpc) is 2.21. The fraction of sp³-hybridized carbons (Fsp3) is 1.00. The first-order chi connectivity index (χ1) is 7.18. The van der Waals surface area contributed by atoms with E-state index in [-0.39, 0.29) is 6.10 Å². The first-order valence-corrected chi connectivity index (χ1v) is 6.86. The second-order valence-electron chi connectivity index (χ2n) is 4.98. The Labute approximate surface area is 96.3 Å². The monoisotopic (exact) mass is 214 g/mol. The number of hydrogen-bond acceptors (Lipinski definition) is 1. The quantitative estimate of drug-likeness (QED) is 0.530. The van der Waals surface area contributed by atoms with Crippen molar-refractivity contribution in [3.8, 4) is 0 Å². The van der Waals surface area contributed by atoms with Crippen LogP contribution in [0.5, 0.6) is 0 Å². The van der Waals surface area contributed by atoms with E-state index in [1.165, 1.54) is 57.8 Å². The van der Waals surface area contributed by atoms with Crippen molar-refractivity contribution in [3.05, 3.63) is 0 Å². The van der Waals surface area contributed by atoms with Gasteiger partial charge in [-0.25, -0.2) is 0 Å². The van der Waals surface area contributed by atoms with Gasteiger partial charge in [0.15, 0.2) is 0 Å². The lowest BCUT2D eigenvalue weighted by Crippen LogP contribution is -2.12. The van der Waals surface area contributed by atoms with Crippen molar-refractivity contribution in [3.63, 3.8) is 0 Å². The molecule has 0 fully saturated rings. The summed E-state index contributed by atoms with van der Waals surface area (Å²) in [4.78, 5) is 0. The highest BCUT2D eigenvalue weighted by atomic mass is 16.3. The van der Waals surface area contributed by atoms with Gasteiger partial charge in [-0.1, -0.05) is 65.2 Å². The summed E-state index contributed by atoms with van der Waals surface area (Å²) < 4.78 is 0. The molecule has 0 rings (SSSR count). The second-order valence-corrected chi connectivity index (χ2v) is 4.98. The van der Waals surface area contributed by atoms with Crippen molar-refractivity contribution in [1.82, 2.24) is 0 Å². The predicted octanol–water partition coefficient (Wildman–Crippen LogP) is 4.53. The van der Waals surface area contributed by atoms with E-state index in [1.54, 1.807) is 0 Å². The molecule has 0 spiro atoms. The van der Waals surface area contributed by atoms with E-state index in [4.69, 9.17) is 0 Å². The molecule has 0 aliphatic carbocycles. The summed E-state index contributed by atoms with van der Waals surface area (Å²) >= 11 is 0. The Bertz CT molecular complexity index is 121. The van der Waals surface area contributed by atoms with Crippen LogP contribution in [0.25, 0.3) is 0 Å². The summed E-state index contributed by atoms with van der Waals surface area (Å²) in [6, 6.07) is 0. The molecule has 2 atom stereocenters. The molecule has 1 N–H and O–H groups in total. The number of rotatable bonds is 10. The van der Waals surface area contributed by atoms with Crippen molar-refractivity contribution >= 4 is 0 Å². The van der Waals surface area contributed by atoms with Gasteiger partial charge in [0.05, 0.1) is 6.10 Å². The van der Waals surface area contributed by atoms with Crippen LogP contribution in [0.4, 0.5) is 0 Å². The molecule has 0 amide bonds. The third-order valence-electron chi connectivity index (χ3n) is 3.34. The minimum Gasteiger partial charge on any atom is -0.393 e. The second kappa shape index (κ2) is 10.5. The standard InChI is InChI=1S/C14H30O/c1-4-5-6-7-8-9-10-11-12-13(2)14(3)15/h13-15H,4-12H2,1-3H3/t13?,14-/m1/s1. The van der Waals surface area contributed by atoms with Crippen molar-refractivity contribution in [2.24, 2.45) is 5.92 Å². The zero-order valence-electron chi connectivity index (χ0n) is 11.0. The van der Waals surface area contributed by atoms with E-state index in [2.05, 4.69) is 13.8 Å². The summed E-state index contributed by atoms with van der Waals surface area (Å²) in [7, 11) is 0. The van der Waals surface area contributed by atoms with E-state index in [1.807, 2.05) is 6.92 Å². The molecule has 0 bridgehead atoms. The fourth-order valence-corrected chi connectivity index (χ4v) is 1.84. The first kappa shape index (κ1) is 15.0. The van der Waals surface area contributed by atoms with Crippen molar-refractivity contribution in [2.45, 2.75) is 84.7 Å². The molecular weight excluding hydrogens is 184 g/mol. The number of aliphatic hydroxyl groups excluding tert-OH is 1. The van der Waals surface area contributed by atoms with Gasteiger partial charge in [-0.05, 0) is 19.3 Å². The normalized spacial score (nSPS) is 15.2. The predicted molar refractivity (Wildman–Crippen MR) is 68.1 cm³/mol. The van der Waals surface area contributed by atoms with Crippen LogP contribution >= 0.6 is 0 Å². The maximum atomic E-state index is 9.32. The first-order valence-electron chi connectivity index (χ1n) is 6.86. The van der Waals surface area contributed by atoms with Crippen LogP contribution in [-0.2, 0) is 0 Å². The molecule has 0 aromatic heterocycles. The van der Waals surface area contributed by atoms with Gasteiger partial charge in [-0.3, -0.25) is 0 Å². The van der Waals surface area contributed by atoms with Crippen LogP contribution in [0.15, 0.2) is 0 Å². The van der Waals surface area contributed by atoms with Gasteiger partial charge in [-0.15, -0.1) is 0 Å². The number of aliphatic hydroxyl groups is 1. The van der Waals surface area contributed by atoms with Crippen molar-refractivity contribution < 1.29 is 5.11 Å². The lowest BCUT2D eigenvalue weighted by molar-refractivity contribution is 0.128. The molecule has 1 unspecified atom stereocenters. The zero-order valence-corrected chi connectivity index (χ0v) is 11.0. The van der Waals surface area contributed by atoms with Gasteiger partial charge in [0.2, 0.25) is 0 Å². The van der Waals surface area contributed by atoms with Gasteiger partial charge >= 0.3 is 0 Å². The van der Waals surface area contributed by atoms with Gasteiger partial charge in [0.25, 0.3) is 0 Å². The Balaban J connectivity index is 3.05. The van der Waals surface area contributed by atoms with E-state index in [0.29, 0.717) is 5.92 Å². The topological polar surface area (TPSA) is 20.2 Å². The van der Waals surface area contributed by atoms with Crippen LogP contribution in [-0.4, -0.2) is 11.2 Å². The zero-order chi connectivity index (χ0) is 11.5. The fourth-order valence-electron chi connectivity index (χ4n) is 1.84. The van der Waals surface area contributed by atoms with Gasteiger partial charge in [-0.2, -0.15) is 0 Å². The Hall–Kier alpha value is -0.0400. The molecule has 1 nitrogen and oxygen atoms in total. The highest BCUT2D eigenvalue weighted by Gasteiger charge is 2.07. The summed E-state index contributed by atoms with van der Waals surface area (Å²) in [5.41, 5.74) is 0. The van der Waals surface area contributed by atoms with Crippen molar-refractivity contribution in [1.29, 1.82) is 0 Å². The molecule has 0 aliphatic rings. The van der Waals surface area contributed by atoms with E-state index in [0.717, 1.165) is 0 Å². The van der Waals surface area contributed by atoms with Gasteiger partial charge in [0.1, 0.15) is 0 Å². The Morgan fingerprint density at radius 2 is 1.27 bits per heavy atom. The molecule has 0 radical (unpaired) electrons. The summed E-state index contributed by atoms with van der Waals surface area (Å²) in [6.07, 6.45) is 12.1. The molecule has 0 heterocycles. The van der Waals surface area contributed by atoms with Crippen LogP contribution in [0.3, 0.4) is 0 Å². The van der Waals surface area contributed by atoms with Crippen LogP contribution in [0.2, 0.25) is 0 Å². The minimum absolute atomic E-state index is 0.130. The van der Waals surface area contributed by atoms with E-state index >= 15 is 0 Å². The average molecular weight is 214 g/mol. The highest BCUT2D eigenvalue weighted by molar-refractivity contribution is 4.59. The Kier molecular flexibility index (Phi) is 10.4. The largest absolute Gasteiger partial charge is 0.393 e. The molecule has 0 aromatic carbocycles. The van der Waals surface area contributed by atoms with Gasteiger partial charge < -0.3 is 5.11 Å². The van der Waals surface area contributed by atoms with Crippen LogP contribution < -0.4 is 0 Å². The molecule has 1 heteroatoms. The Morgan fingerprint density at radius 3 is 1.73 bits per heavy atom. The maximum Gasteiger partial charge on any atom is 0.0537 e. The minimum atomic E-state index is -0.130. The summed E-state index contributed by atoms with van der Waals surface area (Å²) in [6.45, 7) is 6.30. The molecule has 0 aliphatic heterocycles. The van der Waals surface area contributed by atoms with E-state index in [9.17, 15) is 5.11 Å².